The summed E-state index contributed by atoms with van der Waals surface area (Å²) in [6.45, 7) is 5.31. The third-order valence-corrected chi connectivity index (χ3v) is 6.37. The fourth-order valence-corrected chi connectivity index (χ4v) is 4.24. The molecule has 0 bridgehead atoms. The number of anilines is 1. The lowest BCUT2D eigenvalue weighted by Crippen LogP contribution is -2.53. The quantitative estimate of drug-likeness (QED) is 0.541. The molecule has 32 heavy (non-hydrogen) atoms. The standard InChI is InChI=1S/C23H29Cl2N5O2/c1-14(2)30-9-3-4-20(30)23(32)29-19(11-15-5-7-17(24)18(25)10-15)22(31)28-13-16-6-8-21(26)27-12-16/h5-8,10,12,14,19-20H,3-4,9,11,13H2,1-2H3,(H2,26,27)(H,28,31)(H,29,32)/t19-,20+/m0/s1. The number of likely N-dealkylation sites (tertiary alicyclic amines) is 1. The highest BCUT2D eigenvalue weighted by molar-refractivity contribution is 6.42. The highest BCUT2D eigenvalue weighted by atomic mass is 35.5. The van der Waals surface area contributed by atoms with Gasteiger partial charge < -0.3 is 16.4 Å². The third kappa shape index (κ3) is 6.34. The Morgan fingerprint density at radius 3 is 2.59 bits per heavy atom. The van der Waals surface area contributed by atoms with Gasteiger partial charge in [0, 0.05) is 25.2 Å². The number of nitrogen functional groups attached to an aromatic ring is 1. The molecule has 0 aliphatic carbocycles. The predicted octanol–water partition coefficient (Wildman–Crippen LogP) is 3.19. The molecule has 1 saturated heterocycles. The lowest BCUT2D eigenvalue weighted by atomic mass is 10.0. The number of nitrogens with zero attached hydrogens (tertiary/aromatic N) is 2. The van der Waals surface area contributed by atoms with E-state index in [2.05, 4.69) is 34.4 Å². The Morgan fingerprint density at radius 2 is 1.94 bits per heavy atom. The average molecular weight is 478 g/mol. The maximum atomic E-state index is 13.1. The highest BCUT2D eigenvalue weighted by Crippen LogP contribution is 2.24. The van der Waals surface area contributed by atoms with E-state index in [0.29, 0.717) is 22.3 Å². The van der Waals surface area contributed by atoms with Gasteiger partial charge >= 0.3 is 0 Å². The van der Waals surface area contributed by atoms with Crippen molar-refractivity contribution in [3.8, 4) is 0 Å². The minimum Gasteiger partial charge on any atom is -0.384 e. The maximum absolute atomic E-state index is 13.1. The van der Waals surface area contributed by atoms with Crippen LogP contribution in [0, 0.1) is 0 Å². The zero-order chi connectivity index (χ0) is 23.3. The molecule has 2 heterocycles. The second kappa shape index (κ2) is 11.0. The van der Waals surface area contributed by atoms with Crippen LogP contribution in [0.5, 0.6) is 0 Å². The van der Waals surface area contributed by atoms with Crippen molar-refractivity contribution in [2.45, 2.75) is 57.8 Å². The predicted molar refractivity (Wildman–Crippen MR) is 127 cm³/mol. The molecule has 0 spiro atoms. The van der Waals surface area contributed by atoms with E-state index < -0.39 is 6.04 Å². The monoisotopic (exact) mass is 477 g/mol. The Kier molecular flexibility index (Phi) is 8.34. The molecule has 1 aliphatic rings. The number of rotatable bonds is 8. The molecular formula is C23H29Cl2N5O2. The van der Waals surface area contributed by atoms with Crippen molar-refractivity contribution in [1.29, 1.82) is 0 Å². The molecule has 1 aliphatic heterocycles. The van der Waals surface area contributed by atoms with Gasteiger partial charge in [-0.1, -0.05) is 35.3 Å². The summed E-state index contributed by atoms with van der Waals surface area (Å²) in [6, 6.07) is 7.96. The van der Waals surface area contributed by atoms with Gasteiger partial charge in [0.05, 0.1) is 16.1 Å². The molecule has 2 atom stereocenters. The summed E-state index contributed by atoms with van der Waals surface area (Å²) >= 11 is 12.2. The fraction of sp³-hybridized carbons (Fsp3) is 0.435. The lowest BCUT2D eigenvalue weighted by molar-refractivity contribution is -0.131. The minimum absolute atomic E-state index is 0.134. The van der Waals surface area contributed by atoms with Gasteiger partial charge in [-0.3, -0.25) is 14.5 Å². The first-order valence-corrected chi connectivity index (χ1v) is 11.5. The van der Waals surface area contributed by atoms with Crippen LogP contribution in [-0.2, 0) is 22.6 Å². The van der Waals surface area contributed by atoms with E-state index in [1.807, 2.05) is 0 Å². The zero-order valence-electron chi connectivity index (χ0n) is 18.3. The summed E-state index contributed by atoms with van der Waals surface area (Å²) in [4.78, 5) is 32.4. The van der Waals surface area contributed by atoms with E-state index in [0.717, 1.165) is 30.5 Å². The van der Waals surface area contributed by atoms with Crippen molar-refractivity contribution in [1.82, 2.24) is 20.5 Å². The first kappa shape index (κ1) is 24.3. The summed E-state index contributed by atoms with van der Waals surface area (Å²) in [5.41, 5.74) is 7.24. The Hall–Kier alpha value is -2.35. The summed E-state index contributed by atoms with van der Waals surface area (Å²) in [5.74, 6) is -0.00277. The van der Waals surface area contributed by atoms with Gasteiger partial charge in [0.15, 0.2) is 0 Å². The molecule has 4 N–H and O–H groups in total. The number of carbonyl (C=O) groups excluding carboxylic acids is 2. The molecular weight excluding hydrogens is 449 g/mol. The van der Waals surface area contributed by atoms with Crippen molar-refractivity contribution < 1.29 is 9.59 Å². The number of nitrogens with two attached hydrogens (primary N) is 1. The Morgan fingerprint density at radius 1 is 1.19 bits per heavy atom. The number of hydrogen-bond acceptors (Lipinski definition) is 5. The first-order valence-electron chi connectivity index (χ1n) is 10.7. The van der Waals surface area contributed by atoms with Gasteiger partial charge in [0.1, 0.15) is 11.9 Å². The maximum Gasteiger partial charge on any atom is 0.243 e. The Bertz CT molecular complexity index is 952. The van der Waals surface area contributed by atoms with E-state index in [-0.39, 0.29) is 30.4 Å². The van der Waals surface area contributed by atoms with Gasteiger partial charge in [-0.05, 0) is 62.6 Å². The number of pyridine rings is 1. The summed E-state index contributed by atoms with van der Waals surface area (Å²) < 4.78 is 0. The molecule has 1 aromatic heterocycles. The number of nitrogens with one attached hydrogen (secondary N) is 2. The van der Waals surface area contributed by atoms with Crippen LogP contribution in [0.3, 0.4) is 0 Å². The average Bonchev–Trinajstić information content (AvgIpc) is 3.26. The number of carbonyl (C=O) groups is 2. The van der Waals surface area contributed by atoms with Gasteiger partial charge in [0.2, 0.25) is 11.8 Å². The normalized spacial score (nSPS) is 17.3. The van der Waals surface area contributed by atoms with Crippen LogP contribution in [0.25, 0.3) is 0 Å². The SMILES string of the molecule is CC(C)N1CCC[C@@H]1C(=O)N[C@@H](Cc1ccc(Cl)c(Cl)c1)C(=O)NCc1ccc(N)nc1. The molecule has 1 fully saturated rings. The number of aromatic nitrogens is 1. The van der Waals surface area contributed by atoms with Crippen molar-refractivity contribution in [3.05, 3.63) is 57.7 Å². The fourth-order valence-electron chi connectivity index (χ4n) is 3.92. The van der Waals surface area contributed by atoms with Crippen molar-refractivity contribution in [3.63, 3.8) is 0 Å². The van der Waals surface area contributed by atoms with Crippen LogP contribution in [0.15, 0.2) is 36.5 Å². The van der Waals surface area contributed by atoms with Crippen LogP contribution >= 0.6 is 23.2 Å². The second-order valence-electron chi connectivity index (χ2n) is 8.31. The number of hydrogen-bond donors (Lipinski definition) is 3. The molecule has 7 nitrogen and oxygen atoms in total. The topological polar surface area (TPSA) is 100 Å². The minimum atomic E-state index is -0.754. The van der Waals surface area contributed by atoms with Gasteiger partial charge in [-0.25, -0.2) is 4.98 Å². The third-order valence-electron chi connectivity index (χ3n) is 5.63. The Labute approximate surface area is 198 Å². The molecule has 9 heteroatoms. The van der Waals surface area contributed by atoms with E-state index in [4.69, 9.17) is 28.9 Å². The highest BCUT2D eigenvalue weighted by Gasteiger charge is 2.34. The molecule has 0 radical (unpaired) electrons. The molecule has 2 amide bonds. The van der Waals surface area contributed by atoms with Crippen LogP contribution in [0.2, 0.25) is 10.0 Å². The molecule has 2 aromatic rings. The van der Waals surface area contributed by atoms with Gasteiger partial charge in [-0.2, -0.15) is 0 Å². The van der Waals surface area contributed by atoms with Crippen LogP contribution in [0.1, 0.15) is 37.8 Å². The van der Waals surface area contributed by atoms with Crippen LogP contribution < -0.4 is 16.4 Å². The van der Waals surface area contributed by atoms with Gasteiger partial charge in [-0.15, -0.1) is 0 Å². The molecule has 0 unspecified atom stereocenters. The molecule has 3 rings (SSSR count). The number of halogens is 2. The van der Waals surface area contributed by atoms with E-state index >= 15 is 0 Å². The number of amides is 2. The summed E-state index contributed by atoms with van der Waals surface area (Å²) in [7, 11) is 0. The second-order valence-corrected chi connectivity index (χ2v) is 9.13. The zero-order valence-corrected chi connectivity index (χ0v) is 19.8. The smallest absolute Gasteiger partial charge is 0.243 e. The summed E-state index contributed by atoms with van der Waals surface area (Å²) in [6.07, 6.45) is 3.65. The van der Waals surface area contributed by atoms with Gasteiger partial charge in [0.25, 0.3) is 0 Å². The lowest BCUT2D eigenvalue weighted by Gasteiger charge is -2.29. The van der Waals surface area contributed by atoms with Crippen LogP contribution in [0.4, 0.5) is 5.82 Å². The molecule has 1 aromatic carbocycles. The van der Waals surface area contributed by atoms with E-state index in [9.17, 15) is 9.59 Å². The first-order chi connectivity index (χ1) is 15.2. The largest absolute Gasteiger partial charge is 0.384 e. The summed E-state index contributed by atoms with van der Waals surface area (Å²) in [5, 5.41) is 6.70. The van der Waals surface area contributed by atoms with Crippen molar-refractivity contribution in [2.75, 3.05) is 12.3 Å². The van der Waals surface area contributed by atoms with E-state index in [1.165, 1.54) is 0 Å². The molecule has 0 saturated carbocycles. The van der Waals surface area contributed by atoms with Crippen LogP contribution in [-0.4, -0.2) is 46.4 Å². The molecule has 172 valence electrons. The van der Waals surface area contributed by atoms with Crippen molar-refractivity contribution >= 4 is 40.8 Å². The number of benzene rings is 1. The van der Waals surface area contributed by atoms with Crippen molar-refractivity contribution in [2.24, 2.45) is 0 Å². The Balaban J connectivity index is 1.73. The van der Waals surface area contributed by atoms with E-state index in [1.54, 1.807) is 36.5 Å².